The fourth-order valence-corrected chi connectivity index (χ4v) is 3.99. The zero-order valence-corrected chi connectivity index (χ0v) is 23.8. The van der Waals surface area contributed by atoms with Crippen molar-refractivity contribution in [2.75, 3.05) is 5.32 Å². The van der Waals surface area contributed by atoms with Gasteiger partial charge in [0.15, 0.2) is 11.5 Å². The molecule has 0 spiro atoms. The number of unbranched alkanes of at least 4 members (excludes halogenated alkanes) is 1. The standard InChI is InChI=1S/C27H25F7N8O4/c1-26(30,31)45-18-4-7-21(29)17(11-18)13-35-25(44)22-14-41(39-37-22)8-2-3-9-42-15-23(38-40-42)36-24(43)12-16-10-19(5-6-20(16)28)46-27(32,33)34/h4-7,10-11,14-15H,2-3,8-9,12-13H2,1H3,(H,35,44)(H,36,43). The maximum Gasteiger partial charge on any atom is 0.573 e. The van der Waals surface area contributed by atoms with Crippen molar-refractivity contribution in [1.29, 1.82) is 0 Å². The molecule has 4 rings (SSSR count). The number of hydrogen-bond donors (Lipinski definition) is 2. The Hall–Kier alpha value is -5.23. The van der Waals surface area contributed by atoms with Crippen molar-refractivity contribution >= 4 is 17.6 Å². The average Bonchev–Trinajstić information content (AvgIpc) is 3.61. The van der Waals surface area contributed by atoms with Gasteiger partial charge >= 0.3 is 12.5 Å². The molecule has 0 atom stereocenters. The van der Waals surface area contributed by atoms with Crippen LogP contribution in [0.2, 0.25) is 0 Å². The topological polar surface area (TPSA) is 138 Å². The summed E-state index contributed by atoms with van der Waals surface area (Å²) in [5.74, 6) is -3.90. The number of aryl methyl sites for hydroxylation is 2. The van der Waals surface area contributed by atoms with E-state index in [1.54, 1.807) is 0 Å². The van der Waals surface area contributed by atoms with Gasteiger partial charge in [0.1, 0.15) is 23.1 Å². The Morgan fingerprint density at radius 3 is 2.07 bits per heavy atom. The summed E-state index contributed by atoms with van der Waals surface area (Å²) in [6.07, 6.45) is -5.11. The van der Waals surface area contributed by atoms with Gasteiger partial charge in [-0.15, -0.1) is 23.4 Å². The molecule has 2 aromatic heterocycles. The Labute approximate surface area is 255 Å². The van der Waals surface area contributed by atoms with Crippen LogP contribution < -0.4 is 20.1 Å². The van der Waals surface area contributed by atoms with Crippen LogP contribution in [-0.4, -0.2) is 54.3 Å². The summed E-state index contributed by atoms with van der Waals surface area (Å²) in [7, 11) is 0. The average molecular weight is 659 g/mol. The number of carbonyl (C=O) groups excluding carboxylic acids is 2. The van der Waals surface area contributed by atoms with Gasteiger partial charge in [0.25, 0.3) is 5.91 Å². The van der Waals surface area contributed by atoms with Crippen molar-refractivity contribution in [3.8, 4) is 11.5 Å². The van der Waals surface area contributed by atoms with E-state index < -0.39 is 48.1 Å². The number of rotatable bonds is 14. The number of aromatic nitrogens is 6. The monoisotopic (exact) mass is 658 g/mol. The Balaban J connectivity index is 1.19. The van der Waals surface area contributed by atoms with Crippen LogP contribution in [0, 0.1) is 11.6 Å². The number of amides is 2. The molecule has 2 aromatic carbocycles. The van der Waals surface area contributed by atoms with Gasteiger partial charge in [-0.3, -0.25) is 19.0 Å². The van der Waals surface area contributed by atoms with Crippen molar-refractivity contribution < 1.29 is 49.8 Å². The van der Waals surface area contributed by atoms with E-state index in [1.807, 2.05) is 0 Å². The third-order valence-electron chi connectivity index (χ3n) is 5.96. The second kappa shape index (κ2) is 14.2. The molecule has 0 aliphatic rings. The van der Waals surface area contributed by atoms with Crippen LogP contribution in [0.5, 0.6) is 11.5 Å². The smallest absolute Gasteiger partial charge is 0.433 e. The highest BCUT2D eigenvalue weighted by Crippen LogP contribution is 2.25. The van der Waals surface area contributed by atoms with Crippen LogP contribution in [0.1, 0.15) is 41.4 Å². The molecule has 0 radical (unpaired) electrons. The van der Waals surface area contributed by atoms with Crippen LogP contribution >= 0.6 is 0 Å². The summed E-state index contributed by atoms with van der Waals surface area (Å²) in [5, 5.41) is 20.1. The van der Waals surface area contributed by atoms with Crippen LogP contribution in [0.3, 0.4) is 0 Å². The number of ether oxygens (including phenoxy) is 2. The third-order valence-corrected chi connectivity index (χ3v) is 5.96. The molecular weight excluding hydrogens is 633 g/mol. The number of nitrogens with zero attached hydrogens (tertiary/aromatic N) is 6. The predicted octanol–water partition coefficient (Wildman–Crippen LogP) is 4.63. The van der Waals surface area contributed by atoms with Crippen molar-refractivity contribution in [2.45, 2.75) is 58.3 Å². The fourth-order valence-electron chi connectivity index (χ4n) is 3.99. The molecule has 0 saturated carbocycles. The molecule has 0 bridgehead atoms. The highest BCUT2D eigenvalue weighted by atomic mass is 19.4. The Kier molecular flexibility index (Phi) is 10.4. The van der Waals surface area contributed by atoms with Crippen molar-refractivity contribution in [2.24, 2.45) is 0 Å². The lowest BCUT2D eigenvalue weighted by atomic mass is 10.1. The molecule has 46 heavy (non-hydrogen) atoms. The zero-order valence-electron chi connectivity index (χ0n) is 23.8. The molecule has 0 unspecified atom stereocenters. The number of carbonyl (C=O) groups is 2. The Bertz CT molecular complexity index is 1670. The molecule has 246 valence electrons. The summed E-state index contributed by atoms with van der Waals surface area (Å²) < 4.78 is 102. The molecular formula is C27H25F7N8O4. The summed E-state index contributed by atoms with van der Waals surface area (Å²) >= 11 is 0. The van der Waals surface area contributed by atoms with E-state index in [-0.39, 0.29) is 34.9 Å². The number of halogens is 7. The van der Waals surface area contributed by atoms with Gasteiger partial charge in [0.05, 0.1) is 18.8 Å². The minimum atomic E-state index is -4.97. The number of benzene rings is 2. The minimum absolute atomic E-state index is 0.0440. The van der Waals surface area contributed by atoms with Gasteiger partial charge in [-0.05, 0) is 49.2 Å². The molecule has 12 nitrogen and oxygen atoms in total. The molecule has 0 aliphatic carbocycles. The van der Waals surface area contributed by atoms with Crippen molar-refractivity contribution in [3.63, 3.8) is 0 Å². The first kappa shape index (κ1) is 33.7. The second-order valence-corrected chi connectivity index (χ2v) is 9.81. The normalized spacial score (nSPS) is 11.7. The van der Waals surface area contributed by atoms with E-state index in [9.17, 15) is 40.3 Å². The fraction of sp³-hybridized carbons (Fsp3) is 0.333. The van der Waals surface area contributed by atoms with E-state index >= 15 is 0 Å². The van der Waals surface area contributed by atoms with Crippen molar-refractivity contribution in [3.05, 3.63) is 77.2 Å². The van der Waals surface area contributed by atoms with Gasteiger partial charge in [-0.1, -0.05) is 10.4 Å². The maximum absolute atomic E-state index is 14.1. The van der Waals surface area contributed by atoms with E-state index in [1.165, 1.54) is 21.8 Å². The molecule has 0 aliphatic heterocycles. The van der Waals surface area contributed by atoms with Gasteiger partial charge in [-0.2, -0.15) is 8.78 Å². The summed E-state index contributed by atoms with van der Waals surface area (Å²) in [5.41, 5.74) is -0.433. The molecule has 2 N–H and O–H groups in total. The van der Waals surface area contributed by atoms with Crippen LogP contribution in [-0.2, 0) is 30.8 Å². The van der Waals surface area contributed by atoms with E-state index in [2.05, 4.69) is 40.7 Å². The first-order valence-corrected chi connectivity index (χ1v) is 13.4. The lowest BCUT2D eigenvalue weighted by Gasteiger charge is -2.14. The highest BCUT2D eigenvalue weighted by Gasteiger charge is 2.31. The predicted molar refractivity (Wildman–Crippen MR) is 144 cm³/mol. The quantitative estimate of drug-likeness (QED) is 0.148. The number of nitrogens with one attached hydrogen (secondary N) is 2. The number of anilines is 1. The minimum Gasteiger partial charge on any atom is -0.433 e. The molecule has 0 fully saturated rings. The van der Waals surface area contributed by atoms with Gasteiger partial charge in [-0.25, -0.2) is 8.78 Å². The van der Waals surface area contributed by atoms with E-state index in [0.717, 1.165) is 36.4 Å². The van der Waals surface area contributed by atoms with Gasteiger partial charge in [0.2, 0.25) is 5.91 Å². The third kappa shape index (κ3) is 10.4. The SMILES string of the molecule is CC(F)(F)Oc1ccc(F)c(CNC(=O)c2cn(CCCCn3cc(NC(=O)Cc4cc(OC(F)(F)F)ccc4F)nn3)nn2)c1. The lowest BCUT2D eigenvalue weighted by molar-refractivity contribution is -0.274. The number of hydrogen-bond acceptors (Lipinski definition) is 8. The van der Waals surface area contributed by atoms with Crippen LogP contribution in [0.15, 0.2) is 48.8 Å². The second-order valence-electron chi connectivity index (χ2n) is 9.81. The van der Waals surface area contributed by atoms with Gasteiger partial charge < -0.3 is 20.1 Å². The highest BCUT2D eigenvalue weighted by molar-refractivity contribution is 5.92. The molecule has 2 heterocycles. The first-order valence-electron chi connectivity index (χ1n) is 13.4. The van der Waals surface area contributed by atoms with E-state index in [0.29, 0.717) is 32.9 Å². The van der Waals surface area contributed by atoms with Crippen molar-refractivity contribution in [1.82, 2.24) is 35.3 Å². The van der Waals surface area contributed by atoms with E-state index in [4.69, 9.17) is 0 Å². The zero-order chi connectivity index (χ0) is 33.5. The van der Waals surface area contributed by atoms with Gasteiger partial charge in [0, 0.05) is 37.7 Å². The van der Waals surface area contributed by atoms with Crippen LogP contribution in [0.4, 0.5) is 36.6 Å². The molecule has 19 heteroatoms. The largest absolute Gasteiger partial charge is 0.573 e. The molecule has 4 aromatic rings. The van der Waals surface area contributed by atoms with Crippen LogP contribution in [0.25, 0.3) is 0 Å². The first-order chi connectivity index (χ1) is 21.6. The Morgan fingerprint density at radius 1 is 0.826 bits per heavy atom. The molecule has 0 saturated heterocycles. The maximum atomic E-state index is 14.1. The summed E-state index contributed by atoms with van der Waals surface area (Å²) in [6.45, 7) is 0.955. The lowest BCUT2D eigenvalue weighted by Crippen LogP contribution is -2.24. The summed E-state index contributed by atoms with van der Waals surface area (Å²) in [4.78, 5) is 24.7. The number of alkyl halides is 5. The Morgan fingerprint density at radius 2 is 1.41 bits per heavy atom. The summed E-state index contributed by atoms with van der Waals surface area (Å²) in [6, 6.07) is 5.37. The molecule has 2 amide bonds.